The molecule has 4 fully saturated rings. The van der Waals surface area contributed by atoms with Gasteiger partial charge >= 0.3 is 0 Å². The molecule has 0 radical (unpaired) electrons. The summed E-state index contributed by atoms with van der Waals surface area (Å²) in [6.07, 6.45) is 10.3. The van der Waals surface area contributed by atoms with E-state index in [4.69, 9.17) is 0 Å². The van der Waals surface area contributed by atoms with Crippen molar-refractivity contribution in [2.24, 2.45) is 23.2 Å². The van der Waals surface area contributed by atoms with Crippen LogP contribution >= 0.6 is 0 Å². The molecule has 4 bridgehead atoms. The molecule has 5 heteroatoms. The first kappa shape index (κ1) is 23.4. The molecular weight excluding hydrogens is 432 g/mol. The van der Waals surface area contributed by atoms with Crippen molar-refractivity contribution in [1.82, 2.24) is 14.9 Å². The number of rotatable bonds is 6. The third kappa shape index (κ3) is 4.62. The van der Waals surface area contributed by atoms with Gasteiger partial charge in [0.15, 0.2) is 0 Å². The van der Waals surface area contributed by atoms with Crippen LogP contribution in [-0.4, -0.2) is 39.2 Å². The molecule has 0 spiro atoms. The maximum absolute atomic E-state index is 11.3. The molecule has 5 aliphatic rings. The molecule has 1 unspecified atom stereocenters. The Morgan fingerprint density at radius 1 is 1.03 bits per heavy atom. The summed E-state index contributed by atoms with van der Waals surface area (Å²) in [5.41, 5.74) is 5.44. The largest absolute Gasteiger partial charge is 0.391 e. The molecule has 1 aromatic carbocycles. The van der Waals surface area contributed by atoms with E-state index in [1.54, 1.807) is 6.33 Å². The van der Waals surface area contributed by atoms with E-state index in [9.17, 15) is 5.11 Å². The van der Waals surface area contributed by atoms with Crippen LogP contribution < -0.4 is 5.32 Å². The minimum Gasteiger partial charge on any atom is -0.391 e. The van der Waals surface area contributed by atoms with Gasteiger partial charge in [-0.3, -0.25) is 4.90 Å². The third-order valence-electron chi connectivity index (χ3n) is 9.57. The lowest BCUT2D eigenvalue weighted by Crippen LogP contribution is -2.53. The molecule has 1 aliphatic heterocycles. The van der Waals surface area contributed by atoms with E-state index in [1.165, 1.54) is 55.2 Å². The first-order valence-electron chi connectivity index (χ1n) is 13.8. The minimum absolute atomic E-state index is 0.147. The molecule has 7 rings (SSSR count). The second-order valence-electron chi connectivity index (χ2n) is 13.2. The average molecular weight is 475 g/mol. The highest BCUT2D eigenvalue weighted by Crippen LogP contribution is 2.61. The number of fused-ring (bicyclic) bond motifs is 1. The maximum atomic E-state index is 11.3. The summed E-state index contributed by atoms with van der Waals surface area (Å²) in [7, 11) is 0. The second kappa shape index (κ2) is 8.85. The Labute approximate surface area is 210 Å². The highest BCUT2D eigenvalue weighted by molar-refractivity contribution is 5.47. The Kier molecular flexibility index (Phi) is 5.92. The second-order valence-corrected chi connectivity index (χ2v) is 13.2. The quantitative estimate of drug-likeness (QED) is 0.593. The summed E-state index contributed by atoms with van der Waals surface area (Å²) in [6, 6.07) is 9.09. The van der Waals surface area contributed by atoms with E-state index >= 15 is 0 Å². The van der Waals surface area contributed by atoms with Crippen LogP contribution in [0.4, 0.5) is 5.82 Å². The maximum Gasteiger partial charge on any atom is 0.133 e. The van der Waals surface area contributed by atoms with Crippen LogP contribution in [0.1, 0.15) is 81.7 Å². The zero-order valence-corrected chi connectivity index (χ0v) is 21.8. The summed E-state index contributed by atoms with van der Waals surface area (Å²) in [4.78, 5) is 11.7. The van der Waals surface area contributed by atoms with Crippen LogP contribution in [0, 0.1) is 23.2 Å². The molecule has 1 aromatic heterocycles. The first-order valence-corrected chi connectivity index (χ1v) is 13.8. The first-order chi connectivity index (χ1) is 16.8. The summed E-state index contributed by atoms with van der Waals surface area (Å²) in [5.74, 6) is 3.52. The van der Waals surface area contributed by atoms with Crippen LogP contribution in [0.25, 0.3) is 0 Å². The fourth-order valence-electron chi connectivity index (χ4n) is 8.06. The van der Waals surface area contributed by atoms with Crippen LogP contribution in [0.2, 0.25) is 0 Å². The molecule has 2 heterocycles. The lowest BCUT2D eigenvalue weighted by atomic mass is 9.48. The number of aromatic nitrogens is 2. The summed E-state index contributed by atoms with van der Waals surface area (Å²) >= 11 is 0. The number of nitrogens with zero attached hydrogens (tertiary/aromatic N) is 3. The minimum atomic E-state index is -0.280. The fraction of sp³-hybridized carbons (Fsp3) is 0.667. The van der Waals surface area contributed by atoms with Gasteiger partial charge in [-0.15, -0.1) is 0 Å². The third-order valence-corrected chi connectivity index (χ3v) is 9.57. The summed E-state index contributed by atoms with van der Waals surface area (Å²) in [5, 5.41) is 14.9. The van der Waals surface area contributed by atoms with Crippen molar-refractivity contribution in [2.75, 3.05) is 18.4 Å². The van der Waals surface area contributed by atoms with Crippen molar-refractivity contribution in [3.63, 3.8) is 0 Å². The van der Waals surface area contributed by atoms with E-state index in [0.29, 0.717) is 6.54 Å². The van der Waals surface area contributed by atoms with Crippen molar-refractivity contribution in [1.29, 1.82) is 0 Å². The number of nitrogens with one attached hydrogen (secondary N) is 1. The zero-order chi connectivity index (χ0) is 24.2. The normalized spacial score (nSPS) is 30.8. The van der Waals surface area contributed by atoms with Gasteiger partial charge in [0, 0.05) is 31.7 Å². The Hall–Kier alpha value is -1.98. The highest BCUT2D eigenvalue weighted by Gasteiger charge is 2.53. The number of hydrogen-bond acceptors (Lipinski definition) is 5. The van der Waals surface area contributed by atoms with E-state index in [-0.39, 0.29) is 16.9 Å². The van der Waals surface area contributed by atoms with Gasteiger partial charge in [0.05, 0.1) is 11.8 Å². The monoisotopic (exact) mass is 474 g/mol. The molecule has 0 amide bonds. The van der Waals surface area contributed by atoms with Gasteiger partial charge in [-0.1, -0.05) is 45.0 Å². The Bertz CT molecular complexity index is 1020. The Balaban J connectivity index is 1.09. The van der Waals surface area contributed by atoms with Crippen LogP contribution in [0.3, 0.4) is 0 Å². The van der Waals surface area contributed by atoms with E-state index in [1.807, 2.05) is 0 Å². The predicted molar refractivity (Wildman–Crippen MR) is 140 cm³/mol. The number of anilines is 1. The molecule has 2 aromatic rings. The van der Waals surface area contributed by atoms with E-state index < -0.39 is 0 Å². The van der Waals surface area contributed by atoms with E-state index in [2.05, 4.69) is 65.2 Å². The number of aliphatic hydroxyl groups excluding tert-OH is 1. The SMILES string of the molecule is CC(C)(C)c1ccc(CN2CCc3c(ncnc3NCC(O)C34CC5CC(CC(C5)C3)C4)C2)cc1. The van der Waals surface area contributed by atoms with Gasteiger partial charge in [0.25, 0.3) is 0 Å². The molecule has 4 saturated carbocycles. The van der Waals surface area contributed by atoms with Crippen molar-refractivity contribution < 1.29 is 5.11 Å². The highest BCUT2D eigenvalue weighted by atomic mass is 16.3. The van der Waals surface area contributed by atoms with Crippen LogP contribution in [-0.2, 0) is 24.9 Å². The van der Waals surface area contributed by atoms with Crippen molar-refractivity contribution in [3.8, 4) is 0 Å². The summed E-state index contributed by atoms with van der Waals surface area (Å²) in [6.45, 7) is 10.2. The number of benzene rings is 1. The van der Waals surface area contributed by atoms with Gasteiger partial charge < -0.3 is 10.4 Å². The van der Waals surface area contributed by atoms with Gasteiger partial charge in [-0.25, -0.2) is 9.97 Å². The molecule has 35 heavy (non-hydrogen) atoms. The average Bonchev–Trinajstić information content (AvgIpc) is 2.81. The summed E-state index contributed by atoms with van der Waals surface area (Å²) < 4.78 is 0. The standard InChI is InChI=1S/C30H42N4O/c1-29(2,3)24-6-4-20(5-7-24)17-34-9-8-25-26(18-34)32-19-33-28(25)31-16-27(35)30-13-21-10-22(14-30)12-23(11-21)15-30/h4-7,19,21-23,27,35H,8-18H2,1-3H3,(H,31,32,33). The van der Waals surface area contributed by atoms with Gasteiger partial charge in [-0.05, 0) is 84.7 Å². The molecule has 1 atom stereocenters. The molecule has 0 saturated heterocycles. The van der Waals surface area contributed by atoms with Gasteiger partial charge in [0.1, 0.15) is 12.1 Å². The topological polar surface area (TPSA) is 61.3 Å². The smallest absolute Gasteiger partial charge is 0.133 e. The molecule has 5 nitrogen and oxygen atoms in total. The molecular formula is C30H42N4O. The molecule has 188 valence electrons. The zero-order valence-electron chi connectivity index (χ0n) is 21.8. The van der Waals surface area contributed by atoms with Gasteiger partial charge in [0.2, 0.25) is 0 Å². The lowest BCUT2D eigenvalue weighted by Gasteiger charge is -2.58. The van der Waals surface area contributed by atoms with E-state index in [0.717, 1.165) is 55.3 Å². The van der Waals surface area contributed by atoms with Crippen molar-refractivity contribution in [3.05, 3.63) is 53.0 Å². The predicted octanol–water partition coefficient (Wildman–Crippen LogP) is 5.32. The van der Waals surface area contributed by atoms with Crippen LogP contribution in [0.15, 0.2) is 30.6 Å². The van der Waals surface area contributed by atoms with Gasteiger partial charge in [-0.2, -0.15) is 0 Å². The lowest BCUT2D eigenvalue weighted by molar-refractivity contribution is -0.115. The number of hydrogen-bond donors (Lipinski definition) is 2. The molecule has 4 aliphatic carbocycles. The van der Waals surface area contributed by atoms with Crippen LogP contribution in [0.5, 0.6) is 0 Å². The van der Waals surface area contributed by atoms with Crippen molar-refractivity contribution in [2.45, 2.75) is 90.3 Å². The molecule has 2 N–H and O–H groups in total. The van der Waals surface area contributed by atoms with Crippen molar-refractivity contribution >= 4 is 5.82 Å². The number of aliphatic hydroxyl groups is 1. The fourth-order valence-corrected chi connectivity index (χ4v) is 8.06. The Morgan fingerprint density at radius 3 is 2.31 bits per heavy atom. The Morgan fingerprint density at radius 2 is 1.69 bits per heavy atom.